The minimum absolute atomic E-state index is 0.184. The lowest BCUT2D eigenvalue weighted by Crippen LogP contribution is -2.38. The Morgan fingerprint density at radius 1 is 1.43 bits per heavy atom. The summed E-state index contributed by atoms with van der Waals surface area (Å²) in [5.74, 6) is -0.720. The van der Waals surface area contributed by atoms with Crippen molar-refractivity contribution >= 4 is 10.0 Å². The summed E-state index contributed by atoms with van der Waals surface area (Å²) in [6.45, 7) is 1.78. The number of hydrogen-bond donors (Lipinski definition) is 2. The highest BCUT2D eigenvalue weighted by Gasteiger charge is 2.25. The molecule has 1 fully saturated rings. The molecule has 1 aliphatic heterocycles. The van der Waals surface area contributed by atoms with Crippen molar-refractivity contribution in [3.63, 3.8) is 0 Å². The molecule has 1 unspecified atom stereocenters. The van der Waals surface area contributed by atoms with Crippen LogP contribution < -0.4 is 10.0 Å². The number of sulfonamides is 1. The monoisotopic (exact) mass is 315 g/mol. The molecule has 21 heavy (non-hydrogen) atoms. The lowest BCUT2D eigenvalue weighted by Gasteiger charge is -2.19. The van der Waals surface area contributed by atoms with Crippen molar-refractivity contribution in [3.8, 4) is 0 Å². The summed E-state index contributed by atoms with van der Waals surface area (Å²) in [6.07, 6.45) is 2.02. The third kappa shape index (κ3) is 4.00. The minimum Gasteiger partial charge on any atom is -0.316 e. The lowest BCUT2D eigenvalue weighted by atomic mass is 10.2. The number of halogens is 1. The Balaban J connectivity index is 2.13. The van der Waals surface area contributed by atoms with E-state index in [1.54, 1.807) is 13.1 Å². The van der Waals surface area contributed by atoms with E-state index in [1.165, 1.54) is 12.1 Å². The zero-order valence-electron chi connectivity index (χ0n) is 12.4. The molecule has 1 atom stereocenters. The van der Waals surface area contributed by atoms with Gasteiger partial charge < -0.3 is 10.2 Å². The normalized spacial score (nSPS) is 20.0. The Bertz CT molecular complexity index is 592. The summed E-state index contributed by atoms with van der Waals surface area (Å²) in [7, 11) is -0.0941. The first kappa shape index (κ1) is 16.4. The summed E-state index contributed by atoms with van der Waals surface area (Å²) in [5, 5.41) is 2.92. The quantitative estimate of drug-likeness (QED) is 0.819. The zero-order chi connectivity index (χ0) is 15.5. The molecule has 1 aliphatic rings. The summed E-state index contributed by atoms with van der Waals surface area (Å²) >= 11 is 0. The third-order valence-corrected chi connectivity index (χ3v) is 5.29. The SMILES string of the molecule is CNCc1ccc(F)c(S(=O)(=O)NCC2CCCN2C)c1. The van der Waals surface area contributed by atoms with E-state index in [2.05, 4.69) is 14.9 Å². The van der Waals surface area contributed by atoms with E-state index in [9.17, 15) is 12.8 Å². The van der Waals surface area contributed by atoms with Crippen LogP contribution in [-0.4, -0.2) is 46.5 Å². The maximum absolute atomic E-state index is 13.8. The summed E-state index contributed by atoms with van der Waals surface area (Å²) in [4.78, 5) is 1.84. The van der Waals surface area contributed by atoms with E-state index in [4.69, 9.17) is 0 Å². The Labute approximate surface area is 125 Å². The molecule has 0 radical (unpaired) electrons. The molecule has 5 nitrogen and oxygen atoms in total. The van der Waals surface area contributed by atoms with Crippen molar-refractivity contribution in [3.05, 3.63) is 29.6 Å². The van der Waals surface area contributed by atoms with E-state index < -0.39 is 15.8 Å². The van der Waals surface area contributed by atoms with Crippen LogP contribution in [0.3, 0.4) is 0 Å². The van der Waals surface area contributed by atoms with Gasteiger partial charge in [0.05, 0.1) is 0 Å². The smallest absolute Gasteiger partial charge is 0.243 e. The predicted molar refractivity (Wildman–Crippen MR) is 80.0 cm³/mol. The van der Waals surface area contributed by atoms with Gasteiger partial charge in [0.1, 0.15) is 10.7 Å². The second-order valence-corrected chi connectivity index (χ2v) is 7.16. The maximum Gasteiger partial charge on any atom is 0.243 e. The summed E-state index contributed by atoms with van der Waals surface area (Å²) < 4.78 is 40.9. The molecule has 0 aliphatic carbocycles. The Kier molecular flexibility index (Phi) is 5.32. The van der Waals surface area contributed by atoms with Crippen LogP contribution in [0.2, 0.25) is 0 Å². The third-order valence-electron chi connectivity index (χ3n) is 3.85. The number of nitrogens with zero attached hydrogens (tertiary/aromatic N) is 1. The molecular weight excluding hydrogens is 293 g/mol. The molecule has 2 N–H and O–H groups in total. The van der Waals surface area contributed by atoms with Gasteiger partial charge in [-0.1, -0.05) is 6.07 Å². The molecule has 0 saturated carbocycles. The number of hydrogen-bond acceptors (Lipinski definition) is 4. The van der Waals surface area contributed by atoms with Gasteiger partial charge in [-0.2, -0.15) is 0 Å². The molecule has 2 rings (SSSR count). The van der Waals surface area contributed by atoms with Gasteiger partial charge in [-0.15, -0.1) is 0 Å². The average molecular weight is 315 g/mol. The molecule has 1 aromatic carbocycles. The fourth-order valence-electron chi connectivity index (χ4n) is 2.59. The maximum atomic E-state index is 13.8. The number of likely N-dealkylation sites (tertiary alicyclic amines) is 1. The van der Waals surface area contributed by atoms with Gasteiger partial charge in [0.2, 0.25) is 10.0 Å². The average Bonchev–Trinajstić information content (AvgIpc) is 2.84. The Morgan fingerprint density at radius 3 is 2.81 bits per heavy atom. The lowest BCUT2D eigenvalue weighted by molar-refractivity contribution is 0.310. The second kappa shape index (κ2) is 6.83. The molecule has 1 saturated heterocycles. The molecule has 1 aromatic rings. The first-order chi connectivity index (χ1) is 9.94. The molecule has 7 heteroatoms. The molecule has 0 aromatic heterocycles. The van der Waals surface area contributed by atoms with Gasteiger partial charge in [-0.05, 0) is 51.2 Å². The van der Waals surface area contributed by atoms with Gasteiger partial charge >= 0.3 is 0 Å². The van der Waals surface area contributed by atoms with Gasteiger partial charge in [-0.3, -0.25) is 0 Å². The van der Waals surface area contributed by atoms with Gasteiger partial charge in [0, 0.05) is 19.1 Å². The zero-order valence-corrected chi connectivity index (χ0v) is 13.2. The minimum atomic E-state index is -3.82. The van der Waals surface area contributed by atoms with E-state index in [0.29, 0.717) is 13.1 Å². The highest BCUT2D eigenvalue weighted by atomic mass is 32.2. The fourth-order valence-corrected chi connectivity index (χ4v) is 3.79. The number of likely N-dealkylation sites (N-methyl/N-ethyl adjacent to an activating group) is 1. The second-order valence-electron chi connectivity index (χ2n) is 5.42. The molecule has 0 spiro atoms. The van der Waals surface area contributed by atoms with E-state index in [1.807, 2.05) is 7.05 Å². The van der Waals surface area contributed by atoms with Crippen molar-refractivity contribution in [2.45, 2.75) is 30.3 Å². The predicted octanol–water partition coefficient (Wildman–Crippen LogP) is 0.918. The van der Waals surface area contributed by atoms with Crippen molar-refractivity contribution in [2.75, 3.05) is 27.2 Å². The van der Waals surface area contributed by atoms with Crippen LogP contribution in [0.15, 0.2) is 23.1 Å². The first-order valence-corrected chi connectivity index (χ1v) is 8.55. The Morgan fingerprint density at radius 2 is 2.19 bits per heavy atom. The molecular formula is C14H22FN3O2S. The van der Waals surface area contributed by atoms with Crippen LogP contribution >= 0.6 is 0 Å². The van der Waals surface area contributed by atoms with E-state index in [-0.39, 0.29) is 10.9 Å². The largest absolute Gasteiger partial charge is 0.316 e. The first-order valence-electron chi connectivity index (χ1n) is 7.07. The van der Waals surface area contributed by atoms with Crippen LogP contribution in [0.1, 0.15) is 18.4 Å². The van der Waals surface area contributed by atoms with Crippen molar-refractivity contribution in [2.24, 2.45) is 0 Å². The van der Waals surface area contributed by atoms with E-state index >= 15 is 0 Å². The fraction of sp³-hybridized carbons (Fsp3) is 0.571. The van der Waals surface area contributed by atoms with Crippen LogP contribution in [-0.2, 0) is 16.6 Å². The molecule has 1 heterocycles. The number of rotatable bonds is 6. The van der Waals surface area contributed by atoms with E-state index in [0.717, 1.165) is 24.9 Å². The van der Waals surface area contributed by atoms with Gasteiger partial charge in [-0.25, -0.2) is 17.5 Å². The summed E-state index contributed by atoms with van der Waals surface area (Å²) in [6, 6.07) is 4.34. The Hall–Kier alpha value is -1.02. The van der Waals surface area contributed by atoms with Crippen molar-refractivity contribution < 1.29 is 12.8 Å². The van der Waals surface area contributed by atoms with Crippen molar-refractivity contribution in [1.82, 2.24) is 14.9 Å². The molecule has 0 amide bonds. The number of nitrogens with one attached hydrogen (secondary N) is 2. The highest BCUT2D eigenvalue weighted by Crippen LogP contribution is 2.18. The van der Waals surface area contributed by atoms with Crippen LogP contribution in [0.5, 0.6) is 0 Å². The van der Waals surface area contributed by atoms with Crippen molar-refractivity contribution in [1.29, 1.82) is 0 Å². The topological polar surface area (TPSA) is 61.4 Å². The highest BCUT2D eigenvalue weighted by molar-refractivity contribution is 7.89. The molecule has 0 bridgehead atoms. The van der Waals surface area contributed by atoms with Crippen LogP contribution in [0.4, 0.5) is 4.39 Å². The summed E-state index contributed by atoms with van der Waals surface area (Å²) in [5.41, 5.74) is 0.734. The van der Waals surface area contributed by atoms with Crippen LogP contribution in [0.25, 0.3) is 0 Å². The van der Waals surface area contributed by atoms with Crippen LogP contribution in [0, 0.1) is 5.82 Å². The van der Waals surface area contributed by atoms with Gasteiger partial charge in [0.25, 0.3) is 0 Å². The number of benzene rings is 1. The standard InChI is InChI=1S/C14H22FN3O2S/c1-16-9-11-5-6-13(15)14(8-11)21(19,20)17-10-12-4-3-7-18(12)2/h5-6,8,12,16-17H,3-4,7,9-10H2,1-2H3. The van der Waals surface area contributed by atoms with Gasteiger partial charge in [0.15, 0.2) is 0 Å². The molecule has 118 valence electrons.